The first kappa shape index (κ1) is 90.5. The van der Waals surface area contributed by atoms with Gasteiger partial charge < -0.3 is 33.8 Å². The van der Waals surface area contributed by atoms with Gasteiger partial charge in [-0.2, -0.15) is 0 Å². The highest BCUT2D eigenvalue weighted by molar-refractivity contribution is 7.47. The summed E-state index contributed by atoms with van der Waals surface area (Å²) < 4.78 is 68.4. The van der Waals surface area contributed by atoms with Crippen LogP contribution in [0.3, 0.4) is 0 Å². The Morgan fingerprint density at radius 3 is 0.882 bits per heavy atom. The van der Waals surface area contributed by atoms with Crippen molar-refractivity contribution < 1.29 is 80.2 Å². The lowest BCUT2D eigenvalue weighted by Gasteiger charge is -2.21. The van der Waals surface area contributed by atoms with Gasteiger partial charge in [-0.3, -0.25) is 37.3 Å². The van der Waals surface area contributed by atoms with Crippen molar-refractivity contribution >= 4 is 39.5 Å². The summed E-state index contributed by atoms with van der Waals surface area (Å²) in [5.74, 6) is -1.44. The van der Waals surface area contributed by atoms with Crippen molar-refractivity contribution in [1.82, 2.24) is 0 Å². The number of rotatable bonds is 72. The van der Waals surface area contributed by atoms with Gasteiger partial charge in [-0.25, -0.2) is 9.13 Å². The molecule has 17 nitrogen and oxygen atoms in total. The van der Waals surface area contributed by atoms with Crippen LogP contribution in [0.15, 0.2) is 24.3 Å². The molecule has 5 atom stereocenters. The monoisotopic (exact) mass is 1360 g/mol. The number of aliphatic hydroxyl groups is 1. The highest BCUT2D eigenvalue weighted by Crippen LogP contribution is 2.45. The molecule has 19 heteroatoms. The smallest absolute Gasteiger partial charge is 0.462 e. The molecule has 0 spiro atoms. The molecule has 548 valence electrons. The van der Waals surface area contributed by atoms with Gasteiger partial charge in [0.05, 0.1) is 26.4 Å². The molecule has 0 rings (SSSR count). The molecule has 0 radical (unpaired) electrons. The van der Waals surface area contributed by atoms with E-state index in [9.17, 15) is 43.2 Å². The first-order valence-corrected chi connectivity index (χ1v) is 40.9. The molecule has 0 aliphatic rings. The summed E-state index contributed by atoms with van der Waals surface area (Å²) in [7, 11) is -9.92. The van der Waals surface area contributed by atoms with Crippen molar-refractivity contribution in [2.45, 2.75) is 380 Å². The average Bonchev–Trinajstić information content (AvgIpc) is 1.70. The Morgan fingerprint density at radius 1 is 0.333 bits per heavy atom. The van der Waals surface area contributed by atoms with Gasteiger partial charge in [0.1, 0.15) is 19.3 Å². The molecule has 0 fully saturated rings. The van der Waals surface area contributed by atoms with Crippen LogP contribution >= 0.6 is 15.6 Å². The first-order chi connectivity index (χ1) is 45.0. The summed E-state index contributed by atoms with van der Waals surface area (Å²) in [6, 6.07) is 0. The van der Waals surface area contributed by atoms with Crippen molar-refractivity contribution in [2.24, 2.45) is 5.92 Å². The summed E-state index contributed by atoms with van der Waals surface area (Å²) in [5, 5.41) is 10.6. The Kier molecular flexibility index (Phi) is 65.0. The van der Waals surface area contributed by atoms with Crippen molar-refractivity contribution in [2.75, 3.05) is 39.6 Å². The van der Waals surface area contributed by atoms with Crippen LogP contribution in [0, 0.1) is 5.92 Å². The first-order valence-electron chi connectivity index (χ1n) is 38.0. The van der Waals surface area contributed by atoms with E-state index < -0.39 is 97.5 Å². The van der Waals surface area contributed by atoms with Crippen LogP contribution in [0.5, 0.6) is 0 Å². The Bertz CT molecular complexity index is 1880. The predicted molar refractivity (Wildman–Crippen MR) is 377 cm³/mol. The standard InChI is InChI=1S/C74H140O17P2/c1-6-9-12-15-18-21-24-27-29-31-33-36-39-44-50-55-60-74(79)90-69(63-84-71(76)57-52-47-42-37-35-32-30-28-25-22-19-16-13-10-7-2)65-88-92(80,81)86-61-68(75)62-87-93(82,83)89-66-70(64-85-72(77)58-53-48-45-40-41-46-51-56-67(4)5)91-73(78)59-54-49-43-38-34-26-23-20-17-14-11-8-3/h22,25,28,30,67-70,75H,6-21,23-24,26-27,29,31-66H2,1-5H3,(H,80,81)(H,82,83)/b25-22-,30-28-/t68-,69-,70-/m1/s1. The molecule has 0 bridgehead atoms. The minimum atomic E-state index is -4.96. The Hall–Kier alpha value is -2.46. The van der Waals surface area contributed by atoms with Crippen LogP contribution in [-0.4, -0.2) is 96.7 Å². The number of hydrogen-bond acceptors (Lipinski definition) is 15. The normalized spacial score (nSPS) is 14.2. The molecule has 0 aromatic rings. The molecule has 2 unspecified atom stereocenters. The molecule has 0 amide bonds. The lowest BCUT2D eigenvalue weighted by molar-refractivity contribution is -0.161. The third kappa shape index (κ3) is 67.9. The second-order valence-corrected chi connectivity index (χ2v) is 29.4. The van der Waals surface area contributed by atoms with E-state index in [0.29, 0.717) is 31.6 Å². The summed E-state index contributed by atoms with van der Waals surface area (Å²) in [6.45, 7) is 7.16. The van der Waals surface area contributed by atoms with Crippen LogP contribution in [0.25, 0.3) is 0 Å². The van der Waals surface area contributed by atoms with E-state index in [1.54, 1.807) is 0 Å². The van der Waals surface area contributed by atoms with Crippen LogP contribution in [0.2, 0.25) is 0 Å². The number of aliphatic hydroxyl groups excluding tert-OH is 1. The van der Waals surface area contributed by atoms with Crippen molar-refractivity contribution in [3.63, 3.8) is 0 Å². The second kappa shape index (κ2) is 66.8. The SMILES string of the molecule is CCCCCC/C=C\C=C/CCCCCCCC(=O)OC[C@H](COP(=O)(O)OC[C@@H](O)COP(=O)(O)OC[C@@H](COC(=O)CCCCCCCCCC(C)C)OC(=O)CCCCCCCCCCCCCC)OC(=O)CCCCCCCCCCCCCCCCCC. The highest BCUT2D eigenvalue weighted by atomic mass is 31.2. The summed E-state index contributed by atoms with van der Waals surface area (Å²) in [5.41, 5.74) is 0. The Labute approximate surface area is 567 Å². The van der Waals surface area contributed by atoms with Gasteiger partial charge in [-0.1, -0.05) is 309 Å². The molecular formula is C74H140O17P2. The molecule has 0 aliphatic heterocycles. The van der Waals surface area contributed by atoms with E-state index in [2.05, 4.69) is 58.9 Å². The highest BCUT2D eigenvalue weighted by Gasteiger charge is 2.30. The maximum Gasteiger partial charge on any atom is 0.472 e. The molecule has 0 saturated heterocycles. The minimum absolute atomic E-state index is 0.101. The topological polar surface area (TPSA) is 237 Å². The van der Waals surface area contributed by atoms with Crippen molar-refractivity contribution in [1.29, 1.82) is 0 Å². The van der Waals surface area contributed by atoms with E-state index in [0.717, 1.165) is 116 Å². The molecule has 0 saturated carbocycles. The lowest BCUT2D eigenvalue weighted by atomic mass is 10.0. The third-order valence-corrected chi connectivity index (χ3v) is 18.6. The maximum absolute atomic E-state index is 13.1. The number of allylic oxidation sites excluding steroid dienone is 4. The van der Waals surface area contributed by atoms with Crippen LogP contribution in [-0.2, 0) is 65.4 Å². The zero-order chi connectivity index (χ0) is 68.4. The lowest BCUT2D eigenvalue weighted by Crippen LogP contribution is -2.30. The molecule has 0 aromatic heterocycles. The van der Waals surface area contributed by atoms with Gasteiger partial charge in [0, 0.05) is 25.7 Å². The minimum Gasteiger partial charge on any atom is -0.462 e. The number of ether oxygens (including phenoxy) is 4. The summed E-state index contributed by atoms with van der Waals surface area (Å²) >= 11 is 0. The van der Waals surface area contributed by atoms with Crippen molar-refractivity contribution in [3.8, 4) is 0 Å². The van der Waals surface area contributed by atoms with E-state index in [4.69, 9.17) is 37.0 Å². The van der Waals surface area contributed by atoms with Crippen LogP contribution < -0.4 is 0 Å². The largest absolute Gasteiger partial charge is 0.472 e. The number of unbranched alkanes of at least 4 members (excludes halogenated alkanes) is 41. The molecular weight excluding hydrogens is 1220 g/mol. The fourth-order valence-electron chi connectivity index (χ4n) is 10.8. The summed E-state index contributed by atoms with van der Waals surface area (Å²) in [6.07, 6.45) is 57.7. The Balaban J connectivity index is 5.28. The molecule has 3 N–H and O–H groups in total. The van der Waals surface area contributed by atoms with E-state index in [-0.39, 0.29) is 25.7 Å². The maximum atomic E-state index is 13.1. The third-order valence-electron chi connectivity index (χ3n) is 16.7. The van der Waals surface area contributed by atoms with Gasteiger partial charge >= 0.3 is 39.5 Å². The van der Waals surface area contributed by atoms with E-state index >= 15 is 0 Å². The number of hydrogen-bond donors (Lipinski definition) is 3. The fourth-order valence-corrected chi connectivity index (χ4v) is 12.4. The van der Waals surface area contributed by atoms with Gasteiger partial charge in [-0.15, -0.1) is 0 Å². The van der Waals surface area contributed by atoms with Gasteiger partial charge in [0.25, 0.3) is 0 Å². The molecule has 93 heavy (non-hydrogen) atoms. The molecule has 0 heterocycles. The van der Waals surface area contributed by atoms with Crippen LogP contribution in [0.4, 0.5) is 0 Å². The quantitative estimate of drug-likeness (QED) is 0.0169. The molecule has 0 aliphatic carbocycles. The average molecular weight is 1360 g/mol. The summed E-state index contributed by atoms with van der Waals surface area (Å²) in [4.78, 5) is 72.7. The fraction of sp³-hybridized carbons (Fsp3) is 0.892. The van der Waals surface area contributed by atoms with Gasteiger partial charge in [0.15, 0.2) is 12.2 Å². The number of carbonyl (C=O) groups is 4. The zero-order valence-electron chi connectivity index (χ0n) is 59.9. The zero-order valence-corrected chi connectivity index (χ0v) is 61.7. The molecule has 0 aromatic carbocycles. The van der Waals surface area contributed by atoms with E-state index in [1.165, 1.54) is 161 Å². The number of phosphoric acid groups is 2. The van der Waals surface area contributed by atoms with Crippen LogP contribution in [0.1, 0.15) is 362 Å². The van der Waals surface area contributed by atoms with E-state index in [1.807, 2.05) is 0 Å². The predicted octanol–water partition coefficient (Wildman–Crippen LogP) is 21.2. The number of esters is 4. The number of carbonyl (C=O) groups excluding carboxylic acids is 4. The van der Waals surface area contributed by atoms with Gasteiger partial charge in [0.2, 0.25) is 0 Å². The Morgan fingerprint density at radius 2 is 0.581 bits per heavy atom. The number of phosphoric ester groups is 2. The van der Waals surface area contributed by atoms with Crippen molar-refractivity contribution in [3.05, 3.63) is 24.3 Å². The van der Waals surface area contributed by atoms with Gasteiger partial charge in [-0.05, 0) is 57.3 Å². The second-order valence-electron chi connectivity index (χ2n) is 26.5.